The summed E-state index contributed by atoms with van der Waals surface area (Å²) in [6.07, 6.45) is -0.556. The normalized spacial score (nSPS) is 22.3. The van der Waals surface area contributed by atoms with Gasteiger partial charge in [-0.05, 0) is 13.3 Å². The minimum absolute atomic E-state index is 0.00337. The van der Waals surface area contributed by atoms with Gasteiger partial charge in [-0.15, -0.1) is 0 Å². The zero-order valence-electron chi connectivity index (χ0n) is 10.7. The van der Waals surface area contributed by atoms with Gasteiger partial charge in [-0.2, -0.15) is 0 Å². The van der Waals surface area contributed by atoms with Crippen LogP contribution in [-0.4, -0.2) is 57.8 Å². The summed E-state index contributed by atoms with van der Waals surface area (Å²) in [5.41, 5.74) is 5.04. The number of aliphatic carboxylic acids is 1. The van der Waals surface area contributed by atoms with Gasteiger partial charge < -0.3 is 20.8 Å². The van der Waals surface area contributed by atoms with Gasteiger partial charge in [0.05, 0.1) is 19.0 Å². The molecule has 0 bridgehead atoms. The van der Waals surface area contributed by atoms with E-state index in [0.717, 1.165) is 6.42 Å². The van der Waals surface area contributed by atoms with Crippen molar-refractivity contribution < 1.29 is 24.6 Å². The van der Waals surface area contributed by atoms with Crippen LogP contribution in [0.5, 0.6) is 0 Å². The fourth-order valence-corrected chi connectivity index (χ4v) is 2.05. The van der Waals surface area contributed by atoms with E-state index in [1.165, 1.54) is 4.90 Å². The predicted octanol–water partition coefficient (Wildman–Crippen LogP) is -1.77. The molecule has 3 atom stereocenters. The third-order valence-corrected chi connectivity index (χ3v) is 3.11. The summed E-state index contributed by atoms with van der Waals surface area (Å²) in [5.74, 6) is -2.13. The molecule has 19 heavy (non-hydrogen) atoms. The standard InChI is InChI=1S/C11H19N3O5/c1-6-2-3-9(16)14(6)5-8(15)13-7(11(12)19)4-10(17)18/h6-8,13,15H,2-5H2,1H3,(H2,12,19)(H,17,18)/t6?,7?,8-/m1/s1. The largest absolute Gasteiger partial charge is 0.481 e. The zero-order valence-corrected chi connectivity index (χ0v) is 10.7. The van der Waals surface area contributed by atoms with E-state index in [1.807, 2.05) is 6.92 Å². The molecule has 5 N–H and O–H groups in total. The van der Waals surface area contributed by atoms with Crippen LogP contribution < -0.4 is 11.1 Å². The molecule has 2 unspecified atom stereocenters. The van der Waals surface area contributed by atoms with E-state index in [0.29, 0.717) is 6.42 Å². The lowest BCUT2D eigenvalue weighted by atomic mass is 10.2. The molecule has 1 fully saturated rings. The lowest BCUT2D eigenvalue weighted by Crippen LogP contribution is -2.52. The van der Waals surface area contributed by atoms with Gasteiger partial charge in [-0.25, -0.2) is 0 Å². The molecule has 0 aromatic carbocycles. The van der Waals surface area contributed by atoms with Gasteiger partial charge in [0.2, 0.25) is 11.8 Å². The second-order valence-corrected chi connectivity index (χ2v) is 4.67. The highest BCUT2D eigenvalue weighted by Crippen LogP contribution is 2.17. The Bertz CT molecular complexity index is 373. The quantitative estimate of drug-likeness (QED) is 0.406. The molecule has 0 aromatic heterocycles. The first-order valence-electron chi connectivity index (χ1n) is 6.06. The molecule has 0 spiro atoms. The van der Waals surface area contributed by atoms with Crippen molar-refractivity contribution in [2.45, 2.75) is 44.5 Å². The molecular formula is C11H19N3O5. The number of nitrogens with two attached hydrogens (primary N) is 1. The van der Waals surface area contributed by atoms with Gasteiger partial charge >= 0.3 is 5.97 Å². The van der Waals surface area contributed by atoms with Crippen molar-refractivity contribution in [1.29, 1.82) is 0 Å². The molecule has 1 rings (SSSR count). The first kappa shape index (κ1) is 15.4. The average molecular weight is 273 g/mol. The first-order chi connectivity index (χ1) is 8.81. The van der Waals surface area contributed by atoms with Gasteiger partial charge in [-0.3, -0.25) is 19.7 Å². The number of likely N-dealkylation sites (tertiary alicyclic amines) is 1. The second kappa shape index (κ2) is 6.48. The van der Waals surface area contributed by atoms with E-state index in [-0.39, 0.29) is 18.5 Å². The molecule has 2 amide bonds. The van der Waals surface area contributed by atoms with E-state index in [4.69, 9.17) is 10.8 Å². The Morgan fingerprint density at radius 3 is 2.63 bits per heavy atom. The number of β-amino-alcohol motifs (C(OH)–C–C–N with tert-alkyl or cyclic N) is 1. The van der Waals surface area contributed by atoms with Crippen LogP contribution in [-0.2, 0) is 14.4 Å². The highest BCUT2D eigenvalue weighted by molar-refractivity contribution is 5.84. The lowest BCUT2D eigenvalue weighted by Gasteiger charge is -2.26. The number of hydrogen-bond acceptors (Lipinski definition) is 5. The van der Waals surface area contributed by atoms with Gasteiger partial charge in [0.15, 0.2) is 0 Å². The summed E-state index contributed by atoms with van der Waals surface area (Å²) in [6, 6.07) is -1.14. The Hall–Kier alpha value is -1.67. The monoisotopic (exact) mass is 273 g/mol. The molecule has 1 saturated heterocycles. The minimum Gasteiger partial charge on any atom is -0.481 e. The number of carbonyl (C=O) groups is 3. The SMILES string of the molecule is CC1CCC(=O)N1C[C@@H](O)NC(CC(=O)O)C(N)=O. The minimum atomic E-state index is -1.20. The summed E-state index contributed by atoms with van der Waals surface area (Å²) in [7, 11) is 0. The fourth-order valence-electron chi connectivity index (χ4n) is 2.05. The van der Waals surface area contributed by atoms with Crippen molar-refractivity contribution in [3.63, 3.8) is 0 Å². The lowest BCUT2D eigenvalue weighted by molar-refractivity contribution is -0.140. The third kappa shape index (κ3) is 4.49. The predicted molar refractivity (Wildman–Crippen MR) is 64.8 cm³/mol. The molecule has 8 nitrogen and oxygen atoms in total. The molecular weight excluding hydrogens is 254 g/mol. The molecule has 1 aliphatic heterocycles. The van der Waals surface area contributed by atoms with Crippen LogP contribution in [0.4, 0.5) is 0 Å². The maximum atomic E-state index is 11.5. The van der Waals surface area contributed by atoms with Crippen molar-refractivity contribution in [3.05, 3.63) is 0 Å². The Labute approximate surface area is 110 Å². The highest BCUT2D eigenvalue weighted by atomic mass is 16.4. The number of carboxylic acid groups (broad SMARTS) is 1. The molecule has 0 aliphatic carbocycles. The number of nitrogens with zero attached hydrogens (tertiary/aromatic N) is 1. The Morgan fingerprint density at radius 1 is 1.58 bits per heavy atom. The van der Waals surface area contributed by atoms with Gasteiger partial charge in [0.25, 0.3) is 0 Å². The number of hydrogen-bond donors (Lipinski definition) is 4. The number of carboxylic acids is 1. The third-order valence-electron chi connectivity index (χ3n) is 3.11. The zero-order chi connectivity index (χ0) is 14.6. The second-order valence-electron chi connectivity index (χ2n) is 4.67. The maximum Gasteiger partial charge on any atom is 0.305 e. The maximum absolute atomic E-state index is 11.5. The smallest absolute Gasteiger partial charge is 0.305 e. The molecule has 8 heteroatoms. The van der Waals surface area contributed by atoms with Gasteiger partial charge in [0.1, 0.15) is 6.23 Å². The Morgan fingerprint density at radius 2 is 2.21 bits per heavy atom. The van der Waals surface area contributed by atoms with Crippen molar-refractivity contribution in [1.82, 2.24) is 10.2 Å². The molecule has 0 saturated carbocycles. The summed E-state index contributed by atoms with van der Waals surface area (Å²) < 4.78 is 0. The topological polar surface area (TPSA) is 133 Å². The van der Waals surface area contributed by atoms with Crippen LogP contribution in [0.25, 0.3) is 0 Å². The number of aliphatic hydroxyl groups is 1. The summed E-state index contributed by atoms with van der Waals surface area (Å²) in [6.45, 7) is 1.86. The van der Waals surface area contributed by atoms with Gasteiger partial charge in [-0.1, -0.05) is 0 Å². The van der Waals surface area contributed by atoms with Crippen LogP contribution >= 0.6 is 0 Å². The average Bonchev–Trinajstić information content (AvgIpc) is 2.59. The number of primary amides is 1. The first-order valence-corrected chi connectivity index (χ1v) is 6.06. The Kier molecular flexibility index (Phi) is 5.25. The van der Waals surface area contributed by atoms with Crippen LogP contribution in [0.3, 0.4) is 0 Å². The van der Waals surface area contributed by atoms with E-state index in [1.54, 1.807) is 0 Å². The molecule has 1 heterocycles. The number of aliphatic hydroxyl groups excluding tert-OH is 1. The van der Waals surface area contributed by atoms with E-state index in [9.17, 15) is 19.5 Å². The molecule has 108 valence electrons. The van der Waals surface area contributed by atoms with Crippen molar-refractivity contribution in [3.8, 4) is 0 Å². The Balaban J connectivity index is 2.52. The van der Waals surface area contributed by atoms with Crippen molar-refractivity contribution >= 4 is 17.8 Å². The molecule has 0 aromatic rings. The fraction of sp³-hybridized carbons (Fsp3) is 0.727. The number of amides is 2. The van der Waals surface area contributed by atoms with Gasteiger partial charge in [0, 0.05) is 12.5 Å². The van der Waals surface area contributed by atoms with Crippen LogP contribution in [0.1, 0.15) is 26.2 Å². The van der Waals surface area contributed by atoms with Crippen LogP contribution in [0, 0.1) is 0 Å². The molecule has 1 aliphatic rings. The number of carbonyl (C=O) groups excluding carboxylic acids is 2. The number of nitrogens with one attached hydrogen (secondary N) is 1. The van der Waals surface area contributed by atoms with E-state index < -0.39 is 30.6 Å². The highest BCUT2D eigenvalue weighted by Gasteiger charge is 2.30. The van der Waals surface area contributed by atoms with E-state index >= 15 is 0 Å². The van der Waals surface area contributed by atoms with Crippen LogP contribution in [0.2, 0.25) is 0 Å². The summed E-state index contributed by atoms with van der Waals surface area (Å²) in [5, 5.41) is 20.8. The van der Waals surface area contributed by atoms with Crippen molar-refractivity contribution in [2.75, 3.05) is 6.54 Å². The van der Waals surface area contributed by atoms with Crippen molar-refractivity contribution in [2.24, 2.45) is 5.73 Å². The van der Waals surface area contributed by atoms with Crippen LogP contribution in [0.15, 0.2) is 0 Å². The summed E-state index contributed by atoms with van der Waals surface area (Å²) in [4.78, 5) is 34.6. The summed E-state index contributed by atoms with van der Waals surface area (Å²) >= 11 is 0. The van der Waals surface area contributed by atoms with E-state index in [2.05, 4.69) is 5.32 Å². The number of rotatable bonds is 7. The molecule has 0 radical (unpaired) electrons.